The molecule has 352 valence electrons. The molecule has 0 saturated heterocycles. The largest absolute Gasteiger partial charge is 0.509 e. The summed E-state index contributed by atoms with van der Waals surface area (Å²) in [5.41, 5.74) is 5.26. The maximum absolute atomic E-state index is 14.3. The van der Waals surface area contributed by atoms with E-state index < -0.39 is 41.8 Å². The smallest absolute Gasteiger partial charge is 0.497 e. The predicted molar refractivity (Wildman–Crippen MR) is 266 cm³/mol. The molecule has 68 heavy (non-hydrogen) atoms. The van der Waals surface area contributed by atoms with Crippen LogP contribution >= 0.6 is 23.2 Å². The van der Waals surface area contributed by atoms with E-state index in [1.54, 1.807) is 127 Å². The lowest BCUT2D eigenvalue weighted by Gasteiger charge is -2.24. The third kappa shape index (κ3) is 12.3. The molecule has 0 aliphatic carbocycles. The summed E-state index contributed by atoms with van der Waals surface area (Å²) in [4.78, 5) is 69.2. The van der Waals surface area contributed by atoms with Crippen molar-refractivity contribution in [1.29, 1.82) is 0 Å². The summed E-state index contributed by atoms with van der Waals surface area (Å²) in [7, 11) is 3.13. The number of aryl methyl sites for hydroxylation is 2. The van der Waals surface area contributed by atoms with Crippen LogP contribution in [0.25, 0.3) is 12.2 Å². The standard InChI is InChI=1S/C55H54Cl2N2O9/c1-33(2)53(51(62)45-29-41(56)19-13-37(45)11-9-25-58-31-35(5)27-47(58)49(60)39-15-21-43(65-7)22-16-39)67-55(64)68-54(34(3)4)52(63)46-30-42(57)20-14-38(46)12-10-26-59-32-36(6)28-48(59)50(61)40-17-23-44(66-8)24-18-40/h9-24,27-34,53-54H,25-26H2,1-8H3/b11-9+,12-10+. The molecule has 0 aliphatic heterocycles. The van der Waals surface area contributed by atoms with Gasteiger partial charge in [-0.1, -0.05) is 87.3 Å². The van der Waals surface area contributed by atoms with E-state index in [9.17, 15) is 24.0 Å². The van der Waals surface area contributed by atoms with E-state index in [4.69, 9.17) is 42.1 Å². The second kappa shape index (κ2) is 22.7. The maximum Gasteiger partial charge on any atom is 0.509 e. The van der Waals surface area contributed by atoms with Gasteiger partial charge >= 0.3 is 6.16 Å². The Morgan fingerprint density at radius 2 is 0.912 bits per heavy atom. The van der Waals surface area contributed by atoms with Crippen LogP contribution in [0.2, 0.25) is 10.0 Å². The summed E-state index contributed by atoms with van der Waals surface area (Å²) >= 11 is 12.8. The molecule has 4 aromatic carbocycles. The Labute approximate surface area is 406 Å². The van der Waals surface area contributed by atoms with Gasteiger partial charge < -0.3 is 28.1 Å². The molecule has 0 fully saturated rings. The summed E-state index contributed by atoms with van der Waals surface area (Å²) in [5, 5.41) is 0.596. The minimum absolute atomic E-state index is 0.152. The number of methoxy groups -OCH3 is 2. The average molecular weight is 958 g/mol. The van der Waals surface area contributed by atoms with Gasteiger partial charge in [0.15, 0.2) is 12.2 Å². The Kier molecular flexibility index (Phi) is 16.8. The van der Waals surface area contributed by atoms with E-state index in [0.29, 0.717) is 68.3 Å². The van der Waals surface area contributed by atoms with Gasteiger partial charge in [-0.3, -0.25) is 19.2 Å². The van der Waals surface area contributed by atoms with Crippen LogP contribution in [-0.4, -0.2) is 64.9 Å². The van der Waals surface area contributed by atoms with Gasteiger partial charge in [-0.15, -0.1) is 0 Å². The highest BCUT2D eigenvalue weighted by atomic mass is 35.5. The van der Waals surface area contributed by atoms with E-state index in [1.807, 2.05) is 59.7 Å². The van der Waals surface area contributed by atoms with Crippen molar-refractivity contribution in [1.82, 2.24) is 9.13 Å². The van der Waals surface area contributed by atoms with Crippen LogP contribution in [0.4, 0.5) is 4.79 Å². The minimum Gasteiger partial charge on any atom is -0.497 e. The Hall–Kier alpha value is -6.95. The monoisotopic (exact) mass is 956 g/mol. The molecule has 2 heterocycles. The third-order valence-corrected chi connectivity index (χ3v) is 11.6. The number of benzene rings is 4. The van der Waals surface area contributed by atoms with Crippen LogP contribution < -0.4 is 9.47 Å². The zero-order valence-electron chi connectivity index (χ0n) is 39.2. The number of nitrogens with zero attached hydrogens (tertiary/aromatic N) is 2. The summed E-state index contributed by atoms with van der Waals surface area (Å²) in [5.74, 6) is -1.07. The first-order chi connectivity index (χ1) is 32.5. The molecule has 2 atom stereocenters. The van der Waals surface area contributed by atoms with Crippen LogP contribution in [-0.2, 0) is 22.6 Å². The molecule has 0 bridgehead atoms. The lowest BCUT2D eigenvalue weighted by Crippen LogP contribution is -2.37. The second-order valence-corrected chi connectivity index (χ2v) is 17.9. The Morgan fingerprint density at radius 3 is 1.25 bits per heavy atom. The van der Waals surface area contributed by atoms with E-state index in [2.05, 4.69) is 0 Å². The summed E-state index contributed by atoms with van der Waals surface area (Å²) in [6.45, 7) is 11.4. The summed E-state index contributed by atoms with van der Waals surface area (Å²) in [6.07, 6.45) is 7.09. The molecule has 0 amide bonds. The van der Waals surface area contributed by atoms with Gasteiger partial charge in [0.2, 0.25) is 23.1 Å². The van der Waals surface area contributed by atoms with E-state index >= 15 is 0 Å². The zero-order valence-corrected chi connectivity index (χ0v) is 40.8. The van der Waals surface area contributed by atoms with Crippen molar-refractivity contribution in [3.63, 3.8) is 0 Å². The van der Waals surface area contributed by atoms with Crippen LogP contribution in [0.3, 0.4) is 0 Å². The maximum atomic E-state index is 14.3. The fourth-order valence-corrected chi connectivity index (χ4v) is 8.01. The van der Waals surface area contributed by atoms with E-state index in [-0.39, 0.29) is 22.7 Å². The lowest BCUT2D eigenvalue weighted by molar-refractivity contribution is -0.0139. The zero-order chi connectivity index (χ0) is 49.2. The normalized spacial score (nSPS) is 12.4. The van der Waals surface area contributed by atoms with Gasteiger partial charge in [0.1, 0.15) is 11.5 Å². The summed E-state index contributed by atoms with van der Waals surface area (Å²) in [6, 6.07) is 27.2. The van der Waals surface area contributed by atoms with Crippen LogP contribution in [0.15, 0.2) is 122 Å². The van der Waals surface area contributed by atoms with Gasteiger partial charge in [-0.05, 0) is 133 Å². The first kappa shape index (κ1) is 50.5. The highest BCUT2D eigenvalue weighted by Gasteiger charge is 2.34. The molecule has 0 N–H and O–H groups in total. The highest BCUT2D eigenvalue weighted by Crippen LogP contribution is 2.27. The molecule has 0 radical (unpaired) electrons. The first-order valence-corrected chi connectivity index (χ1v) is 22.8. The van der Waals surface area contributed by atoms with Crippen molar-refractivity contribution in [2.45, 2.75) is 66.8 Å². The number of hydrogen-bond acceptors (Lipinski definition) is 9. The van der Waals surface area contributed by atoms with E-state index in [1.165, 1.54) is 12.1 Å². The number of ketones is 4. The molecule has 6 aromatic rings. The van der Waals surface area contributed by atoms with Crippen LogP contribution in [0, 0.1) is 25.7 Å². The van der Waals surface area contributed by atoms with E-state index in [0.717, 1.165) is 11.1 Å². The predicted octanol–water partition coefficient (Wildman–Crippen LogP) is 12.4. The fraction of sp³-hybridized carbons (Fsp3) is 0.255. The third-order valence-electron chi connectivity index (χ3n) is 11.2. The SMILES string of the molecule is COc1ccc(C(=O)c2cc(C)cn2C/C=C/c2ccc(Cl)cc2C(=O)C(OC(=O)OC(C(=O)c2cc(Cl)ccc2/C=C/Cn2cc(C)cc2C(=O)c2ccc(OC)cc2)C(C)C)C(C)C)cc1. The fourth-order valence-electron chi connectivity index (χ4n) is 7.66. The molecule has 2 aromatic heterocycles. The van der Waals surface area contributed by atoms with Gasteiger partial charge in [0.05, 0.1) is 25.6 Å². The van der Waals surface area contributed by atoms with Gasteiger partial charge in [0, 0.05) is 57.8 Å². The molecule has 11 nitrogen and oxygen atoms in total. The number of allylic oxidation sites excluding steroid dienone is 2. The number of halogens is 2. The number of carbonyl (C=O) groups excluding carboxylic acids is 5. The second-order valence-electron chi connectivity index (χ2n) is 17.0. The Morgan fingerprint density at radius 1 is 0.544 bits per heavy atom. The average Bonchev–Trinajstić information content (AvgIpc) is 3.90. The van der Waals surface area contributed by atoms with Gasteiger partial charge in [-0.25, -0.2) is 4.79 Å². The molecule has 0 aliphatic rings. The number of ether oxygens (including phenoxy) is 4. The molecule has 0 spiro atoms. The van der Waals surface area contributed by atoms with Crippen molar-refractivity contribution < 1.29 is 42.9 Å². The van der Waals surface area contributed by atoms with Crippen molar-refractivity contribution in [3.8, 4) is 11.5 Å². The topological polar surface area (TPSA) is 132 Å². The number of carbonyl (C=O) groups is 5. The van der Waals surface area contributed by atoms with Crippen LogP contribution in [0.1, 0.15) is 103 Å². The first-order valence-electron chi connectivity index (χ1n) is 22.1. The minimum atomic E-state index is -1.31. The van der Waals surface area contributed by atoms with Crippen LogP contribution in [0.5, 0.6) is 11.5 Å². The number of Topliss-reactive ketones (excluding diaryl/α,β-unsaturated/α-hetero) is 2. The Bertz CT molecular complexity index is 2680. The van der Waals surface area contributed by atoms with Gasteiger partial charge in [-0.2, -0.15) is 0 Å². The number of aromatic nitrogens is 2. The quantitative estimate of drug-likeness (QED) is 0.0542. The molecule has 0 saturated carbocycles. The highest BCUT2D eigenvalue weighted by molar-refractivity contribution is 6.31. The number of hydrogen-bond donors (Lipinski definition) is 0. The van der Waals surface area contributed by atoms with Crippen molar-refractivity contribution >= 4 is 64.6 Å². The van der Waals surface area contributed by atoms with Crippen molar-refractivity contribution in [3.05, 3.63) is 188 Å². The molecule has 2 unspecified atom stereocenters. The molecule has 13 heteroatoms. The van der Waals surface area contributed by atoms with Gasteiger partial charge in [0.25, 0.3) is 0 Å². The molecule has 6 rings (SSSR count). The number of rotatable bonds is 20. The molecular formula is C55H54Cl2N2O9. The van der Waals surface area contributed by atoms with Crippen molar-refractivity contribution in [2.75, 3.05) is 14.2 Å². The molecular weight excluding hydrogens is 904 g/mol. The lowest BCUT2D eigenvalue weighted by atomic mass is 9.94. The van der Waals surface area contributed by atoms with Crippen molar-refractivity contribution in [2.24, 2.45) is 11.8 Å². The summed E-state index contributed by atoms with van der Waals surface area (Å²) < 4.78 is 25.6. The Balaban J connectivity index is 1.16.